The van der Waals surface area contributed by atoms with Gasteiger partial charge in [0.2, 0.25) is 11.8 Å². The Bertz CT molecular complexity index is 1080. The molecule has 2 amide bonds. The van der Waals surface area contributed by atoms with Crippen LogP contribution >= 0.6 is 0 Å². The van der Waals surface area contributed by atoms with Gasteiger partial charge in [-0.2, -0.15) is 0 Å². The zero-order chi connectivity index (χ0) is 26.2. The molecule has 0 aliphatic carbocycles. The molecule has 4 rings (SSSR count). The smallest absolute Gasteiger partial charge is 0.248 e. The van der Waals surface area contributed by atoms with Crippen LogP contribution in [0.3, 0.4) is 0 Å². The Labute approximate surface area is 216 Å². The van der Waals surface area contributed by atoms with Crippen molar-refractivity contribution in [3.63, 3.8) is 0 Å². The first-order valence-corrected chi connectivity index (χ1v) is 13.1. The standard InChI is InChI=1S/C27H36F2N6O2/c1-2-6-24(31-26(36)15-20-13-21(28)16-22(29)14-20)27(37)32-25-18-34(19-30-25)10-9-33-11-12-35-8-5-3-4-7-23(35)17-33/h11-14,16,18-19,23-24H,2-10,15,17H2,1H3,(H,31,36)(H,32,37)/t23-,24?/m0/s1. The number of halogens is 2. The van der Waals surface area contributed by atoms with Crippen LogP contribution in [0.5, 0.6) is 0 Å². The molecule has 0 spiro atoms. The summed E-state index contributed by atoms with van der Waals surface area (Å²) in [6, 6.07) is 2.77. The second-order valence-electron chi connectivity index (χ2n) is 9.88. The van der Waals surface area contributed by atoms with E-state index < -0.39 is 23.6 Å². The number of rotatable bonds is 10. The minimum Gasteiger partial charge on any atom is -0.372 e. The van der Waals surface area contributed by atoms with Crippen molar-refractivity contribution in [2.75, 3.05) is 25.0 Å². The summed E-state index contributed by atoms with van der Waals surface area (Å²) < 4.78 is 28.8. The molecule has 2 atom stereocenters. The van der Waals surface area contributed by atoms with Crippen molar-refractivity contribution in [2.45, 2.75) is 70.5 Å². The molecule has 1 fully saturated rings. The highest BCUT2D eigenvalue weighted by atomic mass is 19.1. The first-order valence-electron chi connectivity index (χ1n) is 13.1. The maximum absolute atomic E-state index is 13.4. The average molecular weight is 515 g/mol. The molecule has 200 valence electrons. The van der Waals surface area contributed by atoms with Crippen LogP contribution in [0.4, 0.5) is 14.6 Å². The predicted molar refractivity (Wildman–Crippen MR) is 137 cm³/mol. The number of hydrogen-bond donors (Lipinski definition) is 2. The molecular weight excluding hydrogens is 478 g/mol. The van der Waals surface area contributed by atoms with E-state index in [0.29, 0.717) is 24.7 Å². The monoisotopic (exact) mass is 514 g/mol. The third kappa shape index (κ3) is 7.77. The van der Waals surface area contributed by atoms with Gasteiger partial charge >= 0.3 is 0 Å². The summed E-state index contributed by atoms with van der Waals surface area (Å²) in [6.45, 7) is 5.66. The Morgan fingerprint density at radius 2 is 1.92 bits per heavy atom. The fourth-order valence-electron chi connectivity index (χ4n) is 4.97. The molecule has 0 radical (unpaired) electrons. The predicted octanol–water partition coefficient (Wildman–Crippen LogP) is 3.66. The zero-order valence-corrected chi connectivity index (χ0v) is 21.3. The molecule has 37 heavy (non-hydrogen) atoms. The molecule has 1 aromatic heterocycles. The Hall–Kier alpha value is -3.43. The van der Waals surface area contributed by atoms with E-state index in [1.807, 2.05) is 11.5 Å². The third-order valence-electron chi connectivity index (χ3n) is 6.88. The summed E-state index contributed by atoms with van der Waals surface area (Å²) in [5.41, 5.74) is 0.208. The minimum absolute atomic E-state index is 0.208. The normalized spacial score (nSPS) is 18.2. The number of hydrogen-bond acceptors (Lipinski definition) is 5. The molecule has 0 saturated carbocycles. The summed E-state index contributed by atoms with van der Waals surface area (Å²) in [5.74, 6) is -1.94. The molecule has 1 unspecified atom stereocenters. The van der Waals surface area contributed by atoms with Gasteiger partial charge < -0.3 is 25.0 Å². The Morgan fingerprint density at radius 1 is 1.11 bits per heavy atom. The molecule has 10 heteroatoms. The fourth-order valence-corrected chi connectivity index (χ4v) is 4.97. The molecule has 2 aliphatic rings. The largest absolute Gasteiger partial charge is 0.372 e. The second-order valence-corrected chi connectivity index (χ2v) is 9.88. The lowest BCUT2D eigenvalue weighted by molar-refractivity contribution is -0.126. The van der Waals surface area contributed by atoms with E-state index in [0.717, 1.165) is 44.4 Å². The highest BCUT2D eigenvalue weighted by Crippen LogP contribution is 2.21. The summed E-state index contributed by atoms with van der Waals surface area (Å²) in [6.07, 6.45) is 13.8. The van der Waals surface area contributed by atoms with Gasteiger partial charge in [0.25, 0.3) is 0 Å². The molecule has 1 aromatic carbocycles. The molecule has 1 saturated heterocycles. The van der Waals surface area contributed by atoms with Crippen LogP contribution in [0.1, 0.15) is 51.0 Å². The van der Waals surface area contributed by atoms with E-state index >= 15 is 0 Å². The van der Waals surface area contributed by atoms with Crippen LogP contribution in [0.15, 0.2) is 43.1 Å². The second kappa shape index (κ2) is 12.7. The number of imidazole rings is 1. The molecule has 8 nitrogen and oxygen atoms in total. The molecule has 2 N–H and O–H groups in total. The van der Waals surface area contributed by atoms with E-state index in [1.165, 1.54) is 25.7 Å². The van der Waals surface area contributed by atoms with E-state index in [-0.39, 0.29) is 17.9 Å². The van der Waals surface area contributed by atoms with Crippen molar-refractivity contribution in [2.24, 2.45) is 0 Å². The quantitative estimate of drug-likeness (QED) is 0.506. The van der Waals surface area contributed by atoms with Gasteiger partial charge in [-0.05, 0) is 37.0 Å². The van der Waals surface area contributed by atoms with Gasteiger partial charge in [0, 0.05) is 56.9 Å². The third-order valence-corrected chi connectivity index (χ3v) is 6.88. The number of aromatic nitrogens is 2. The number of fused-ring (bicyclic) bond motifs is 1. The summed E-state index contributed by atoms with van der Waals surface area (Å²) >= 11 is 0. The van der Waals surface area contributed by atoms with Gasteiger partial charge in [-0.3, -0.25) is 9.59 Å². The van der Waals surface area contributed by atoms with Gasteiger partial charge in [-0.15, -0.1) is 0 Å². The number of carbonyl (C=O) groups excluding carboxylic acids is 2. The topological polar surface area (TPSA) is 82.5 Å². The van der Waals surface area contributed by atoms with Crippen molar-refractivity contribution < 1.29 is 18.4 Å². The maximum atomic E-state index is 13.4. The van der Waals surface area contributed by atoms with Gasteiger partial charge in [0.15, 0.2) is 5.82 Å². The van der Waals surface area contributed by atoms with Crippen LogP contribution in [-0.4, -0.2) is 62.9 Å². The van der Waals surface area contributed by atoms with Crippen LogP contribution in [0.2, 0.25) is 0 Å². The first-order chi connectivity index (χ1) is 17.9. The number of amides is 2. The average Bonchev–Trinajstić information content (AvgIpc) is 3.16. The first kappa shape index (κ1) is 26.6. The lowest BCUT2D eigenvalue weighted by Crippen LogP contribution is -2.44. The molecule has 0 bridgehead atoms. The number of benzene rings is 1. The minimum atomic E-state index is -0.776. The molecule has 3 heterocycles. The van der Waals surface area contributed by atoms with E-state index in [4.69, 9.17) is 0 Å². The molecular formula is C27H36F2N6O2. The number of anilines is 1. The fraction of sp³-hybridized carbons (Fsp3) is 0.519. The highest BCUT2D eigenvalue weighted by Gasteiger charge is 2.24. The van der Waals surface area contributed by atoms with E-state index in [2.05, 4.69) is 37.8 Å². The van der Waals surface area contributed by atoms with Gasteiger partial charge in [0.1, 0.15) is 17.7 Å². The SMILES string of the molecule is CCCC(NC(=O)Cc1cc(F)cc(F)c1)C(=O)Nc1cn(CCN2C=CN3CCCCC[C@H]3C2)cn1. The number of carbonyl (C=O) groups is 2. The van der Waals surface area contributed by atoms with Crippen molar-refractivity contribution in [3.8, 4) is 0 Å². The Kier molecular flexibility index (Phi) is 9.14. The Morgan fingerprint density at radius 3 is 2.70 bits per heavy atom. The van der Waals surface area contributed by atoms with Crippen molar-refractivity contribution in [1.29, 1.82) is 0 Å². The van der Waals surface area contributed by atoms with Crippen LogP contribution in [-0.2, 0) is 22.6 Å². The lowest BCUT2D eigenvalue weighted by Gasteiger charge is -2.37. The lowest BCUT2D eigenvalue weighted by atomic mass is 10.1. The van der Waals surface area contributed by atoms with Gasteiger partial charge in [0.05, 0.1) is 12.7 Å². The van der Waals surface area contributed by atoms with Crippen LogP contribution < -0.4 is 10.6 Å². The number of nitrogens with zero attached hydrogens (tertiary/aromatic N) is 4. The van der Waals surface area contributed by atoms with Crippen LogP contribution in [0, 0.1) is 11.6 Å². The van der Waals surface area contributed by atoms with Crippen LogP contribution in [0.25, 0.3) is 0 Å². The highest BCUT2D eigenvalue weighted by molar-refractivity contribution is 5.96. The zero-order valence-electron chi connectivity index (χ0n) is 21.3. The van der Waals surface area contributed by atoms with Gasteiger partial charge in [-0.1, -0.05) is 26.2 Å². The Balaban J connectivity index is 1.27. The summed E-state index contributed by atoms with van der Waals surface area (Å²) in [7, 11) is 0. The summed E-state index contributed by atoms with van der Waals surface area (Å²) in [5, 5.41) is 5.46. The van der Waals surface area contributed by atoms with E-state index in [9.17, 15) is 18.4 Å². The van der Waals surface area contributed by atoms with Crippen molar-refractivity contribution in [3.05, 3.63) is 60.3 Å². The molecule has 2 aromatic rings. The van der Waals surface area contributed by atoms with Crippen molar-refractivity contribution >= 4 is 17.6 Å². The molecule has 2 aliphatic heterocycles. The maximum Gasteiger partial charge on any atom is 0.248 e. The van der Waals surface area contributed by atoms with Gasteiger partial charge in [-0.25, -0.2) is 13.8 Å². The van der Waals surface area contributed by atoms with E-state index in [1.54, 1.807) is 12.5 Å². The number of nitrogens with one attached hydrogen (secondary N) is 2. The van der Waals surface area contributed by atoms with Crippen molar-refractivity contribution in [1.82, 2.24) is 24.7 Å². The summed E-state index contributed by atoms with van der Waals surface area (Å²) in [4.78, 5) is 34.4.